The molecule has 2 aromatic heterocycles. The summed E-state index contributed by atoms with van der Waals surface area (Å²) in [7, 11) is 1.53. The standard InChI is InChI=1S/C22H21N5O3/c1-30-19-10-6-5-9-17(19)21(28)23-11-12-27-20-18(13-25-27)22(29)26(15-24-20)14-16-7-3-2-4-8-16/h2-10,13,15H,11-12,14H2,1H3,(H,23,28). The number of nitrogens with zero attached hydrogens (tertiary/aromatic N) is 4. The maximum Gasteiger partial charge on any atom is 0.264 e. The van der Waals surface area contributed by atoms with Crippen molar-refractivity contribution >= 4 is 16.9 Å². The Bertz CT molecular complexity index is 1230. The predicted octanol–water partition coefficient (Wildman–Crippen LogP) is 2.08. The SMILES string of the molecule is COc1ccccc1C(=O)NCCn1ncc2c(=O)n(Cc3ccccc3)cnc21. The fourth-order valence-electron chi connectivity index (χ4n) is 3.26. The number of carbonyl (C=O) groups is 1. The first kappa shape index (κ1) is 19.4. The topological polar surface area (TPSA) is 91.0 Å². The Morgan fingerprint density at radius 1 is 1.10 bits per heavy atom. The second kappa shape index (κ2) is 8.60. The van der Waals surface area contributed by atoms with Gasteiger partial charge in [-0.1, -0.05) is 42.5 Å². The zero-order valence-corrected chi connectivity index (χ0v) is 16.5. The van der Waals surface area contributed by atoms with Gasteiger partial charge in [0.15, 0.2) is 5.65 Å². The van der Waals surface area contributed by atoms with Crippen molar-refractivity contribution in [3.05, 3.63) is 88.6 Å². The van der Waals surface area contributed by atoms with Gasteiger partial charge in [0, 0.05) is 6.54 Å². The summed E-state index contributed by atoms with van der Waals surface area (Å²) in [6, 6.07) is 16.8. The molecule has 0 unspecified atom stereocenters. The number of fused-ring (bicyclic) bond motifs is 1. The van der Waals surface area contributed by atoms with E-state index < -0.39 is 0 Å². The molecule has 2 aromatic carbocycles. The lowest BCUT2D eigenvalue weighted by Gasteiger charge is -2.09. The smallest absolute Gasteiger partial charge is 0.264 e. The molecule has 4 rings (SSSR count). The zero-order chi connectivity index (χ0) is 20.9. The maximum absolute atomic E-state index is 12.8. The maximum atomic E-state index is 12.8. The van der Waals surface area contributed by atoms with E-state index in [1.807, 2.05) is 36.4 Å². The summed E-state index contributed by atoms with van der Waals surface area (Å²) in [5.41, 5.74) is 1.84. The van der Waals surface area contributed by atoms with E-state index in [0.717, 1.165) is 5.56 Å². The van der Waals surface area contributed by atoms with Crippen molar-refractivity contribution in [3.63, 3.8) is 0 Å². The van der Waals surface area contributed by atoms with Crippen molar-refractivity contribution in [2.24, 2.45) is 0 Å². The number of methoxy groups -OCH3 is 1. The highest BCUT2D eigenvalue weighted by Gasteiger charge is 2.13. The molecular weight excluding hydrogens is 382 g/mol. The van der Waals surface area contributed by atoms with E-state index in [2.05, 4.69) is 15.4 Å². The monoisotopic (exact) mass is 403 g/mol. The van der Waals surface area contributed by atoms with Crippen molar-refractivity contribution in [2.45, 2.75) is 13.1 Å². The van der Waals surface area contributed by atoms with Crippen molar-refractivity contribution < 1.29 is 9.53 Å². The van der Waals surface area contributed by atoms with E-state index in [0.29, 0.717) is 42.0 Å². The molecule has 0 aliphatic rings. The van der Waals surface area contributed by atoms with E-state index in [4.69, 9.17) is 4.74 Å². The highest BCUT2D eigenvalue weighted by Crippen LogP contribution is 2.16. The zero-order valence-electron chi connectivity index (χ0n) is 16.5. The molecule has 0 spiro atoms. The van der Waals surface area contributed by atoms with Crippen LogP contribution in [0.2, 0.25) is 0 Å². The number of ether oxygens (including phenoxy) is 1. The first-order chi connectivity index (χ1) is 14.7. The highest BCUT2D eigenvalue weighted by molar-refractivity contribution is 5.96. The summed E-state index contributed by atoms with van der Waals surface area (Å²) >= 11 is 0. The predicted molar refractivity (Wildman–Crippen MR) is 113 cm³/mol. The van der Waals surface area contributed by atoms with E-state index in [9.17, 15) is 9.59 Å². The van der Waals surface area contributed by atoms with E-state index in [-0.39, 0.29) is 11.5 Å². The van der Waals surface area contributed by atoms with Crippen LogP contribution in [0.5, 0.6) is 5.75 Å². The minimum absolute atomic E-state index is 0.145. The molecule has 0 radical (unpaired) electrons. The molecule has 1 amide bonds. The van der Waals surface area contributed by atoms with Crippen LogP contribution in [0.4, 0.5) is 0 Å². The lowest BCUT2D eigenvalue weighted by atomic mass is 10.2. The molecule has 0 fully saturated rings. The fraction of sp³-hybridized carbons (Fsp3) is 0.182. The van der Waals surface area contributed by atoms with E-state index in [1.54, 1.807) is 27.4 Å². The number of benzene rings is 2. The van der Waals surface area contributed by atoms with Crippen LogP contribution in [0, 0.1) is 0 Å². The second-order valence-corrected chi connectivity index (χ2v) is 6.72. The average molecular weight is 403 g/mol. The Balaban J connectivity index is 1.46. The number of carbonyl (C=O) groups excluding carboxylic acids is 1. The third kappa shape index (κ3) is 3.93. The van der Waals surface area contributed by atoms with Crippen LogP contribution < -0.4 is 15.6 Å². The highest BCUT2D eigenvalue weighted by atomic mass is 16.5. The van der Waals surface area contributed by atoms with Gasteiger partial charge in [-0.05, 0) is 17.7 Å². The fourth-order valence-corrected chi connectivity index (χ4v) is 3.26. The third-order valence-electron chi connectivity index (χ3n) is 4.78. The largest absolute Gasteiger partial charge is 0.496 e. The third-order valence-corrected chi connectivity index (χ3v) is 4.78. The van der Waals surface area contributed by atoms with Gasteiger partial charge >= 0.3 is 0 Å². The van der Waals surface area contributed by atoms with Gasteiger partial charge in [0.2, 0.25) is 0 Å². The van der Waals surface area contributed by atoms with Gasteiger partial charge in [0.25, 0.3) is 11.5 Å². The van der Waals surface area contributed by atoms with Crippen LogP contribution in [-0.4, -0.2) is 38.9 Å². The number of rotatable bonds is 7. The molecule has 0 atom stereocenters. The molecule has 0 aliphatic heterocycles. The Labute approximate surface area is 172 Å². The van der Waals surface area contributed by atoms with Gasteiger partial charge in [-0.3, -0.25) is 14.2 Å². The van der Waals surface area contributed by atoms with Crippen LogP contribution in [0.15, 0.2) is 71.9 Å². The Morgan fingerprint density at radius 3 is 2.67 bits per heavy atom. The molecule has 2 heterocycles. The van der Waals surface area contributed by atoms with E-state index in [1.165, 1.54) is 19.6 Å². The minimum Gasteiger partial charge on any atom is -0.496 e. The molecule has 0 saturated carbocycles. The number of aromatic nitrogens is 4. The number of hydrogen-bond acceptors (Lipinski definition) is 5. The Kier molecular flexibility index (Phi) is 5.56. The molecule has 4 aromatic rings. The number of nitrogens with one attached hydrogen (secondary N) is 1. The van der Waals surface area contributed by atoms with Crippen LogP contribution in [-0.2, 0) is 13.1 Å². The van der Waals surface area contributed by atoms with E-state index >= 15 is 0 Å². The first-order valence-electron chi connectivity index (χ1n) is 9.53. The van der Waals surface area contributed by atoms with Gasteiger partial charge < -0.3 is 10.1 Å². The number of amides is 1. The first-order valence-corrected chi connectivity index (χ1v) is 9.53. The van der Waals surface area contributed by atoms with Gasteiger partial charge in [0.05, 0.1) is 32.0 Å². The summed E-state index contributed by atoms with van der Waals surface area (Å²) < 4.78 is 8.40. The summed E-state index contributed by atoms with van der Waals surface area (Å²) in [4.78, 5) is 29.6. The van der Waals surface area contributed by atoms with Gasteiger partial charge in [-0.2, -0.15) is 5.10 Å². The molecular formula is C22H21N5O3. The number of para-hydroxylation sites is 1. The van der Waals surface area contributed by atoms with Gasteiger partial charge in [-0.25, -0.2) is 9.67 Å². The molecule has 8 nitrogen and oxygen atoms in total. The van der Waals surface area contributed by atoms with Gasteiger partial charge in [-0.15, -0.1) is 0 Å². The summed E-state index contributed by atoms with van der Waals surface area (Å²) in [5, 5.41) is 7.57. The molecule has 152 valence electrons. The van der Waals surface area contributed by atoms with Crippen LogP contribution in [0.3, 0.4) is 0 Å². The summed E-state index contributed by atoms with van der Waals surface area (Å²) in [5.74, 6) is 0.280. The van der Waals surface area contributed by atoms with Crippen molar-refractivity contribution in [2.75, 3.05) is 13.7 Å². The van der Waals surface area contributed by atoms with Crippen molar-refractivity contribution in [1.29, 1.82) is 0 Å². The normalized spacial score (nSPS) is 10.8. The minimum atomic E-state index is -0.234. The molecule has 0 aliphatic carbocycles. The van der Waals surface area contributed by atoms with Crippen molar-refractivity contribution in [3.8, 4) is 5.75 Å². The van der Waals surface area contributed by atoms with Gasteiger partial charge in [0.1, 0.15) is 17.5 Å². The Hall–Kier alpha value is -3.94. The lowest BCUT2D eigenvalue weighted by molar-refractivity contribution is 0.0949. The summed E-state index contributed by atoms with van der Waals surface area (Å²) in [6.07, 6.45) is 3.05. The molecule has 8 heteroatoms. The van der Waals surface area contributed by atoms with Crippen LogP contribution in [0.1, 0.15) is 15.9 Å². The van der Waals surface area contributed by atoms with Crippen molar-refractivity contribution in [1.82, 2.24) is 24.6 Å². The number of hydrogen-bond donors (Lipinski definition) is 1. The molecule has 30 heavy (non-hydrogen) atoms. The second-order valence-electron chi connectivity index (χ2n) is 6.72. The molecule has 0 saturated heterocycles. The van der Waals surface area contributed by atoms with Crippen LogP contribution >= 0.6 is 0 Å². The molecule has 1 N–H and O–H groups in total. The molecule has 0 bridgehead atoms. The average Bonchev–Trinajstić information content (AvgIpc) is 3.20. The summed E-state index contributed by atoms with van der Waals surface area (Å²) in [6.45, 7) is 1.17. The van der Waals surface area contributed by atoms with Crippen LogP contribution in [0.25, 0.3) is 11.0 Å². The quantitative estimate of drug-likeness (QED) is 0.510. The Morgan fingerprint density at radius 2 is 1.87 bits per heavy atom. The lowest BCUT2D eigenvalue weighted by Crippen LogP contribution is -2.28.